The van der Waals surface area contributed by atoms with E-state index in [4.69, 9.17) is 5.73 Å². The van der Waals surface area contributed by atoms with E-state index in [-0.39, 0.29) is 5.56 Å². The van der Waals surface area contributed by atoms with E-state index in [1.54, 1.807) is 0 Å². The molecule has 0 aliphatic heterocycles. The van der Waals surface area contributed by atoms with E-state index < -0.39 is 11.5 Å². The molecule has 1 amide bonds. The molecule has 0 saturated heterocycles. The van der Waals surface area contributed by atoms with Gasteiger partial charge in [0.05, 0.1) is 11.9 Å². The van der Waals surface area contributed by atoms with Crippen molar-refractivity contribution >= 4 is 5.91 Å². The molecule has 2 heterocycles. The number of pyridine rings is 1. The molecule has 0 saturated carbocycles. The average Bonchev–Trinajstić information content (AvgIpc) is 2.30. The zero-order valence-electron chi connectivity index (χ0n) is 8.18. The third-order valence-corrected chi connectivity index (χ3v) is 2.03. The lowest BCUT2D eigenvalue weighted by Crippen LogP contribution is -2.23. The molecule has 2 aromatic heterocycles. The summed E-state index contributed by atoms with van der Waals surface area (Å²) in [5, 5.41) is 0. The van der Waals surface area contributed by atoms with Crippen molar-refractivity contribution in [3.63, 3.8) is 0 Å². The summed E-state index contributed by atoms with van der Waals surface area (Å²) in [5.41, 5.74) is 5.60. The van der Waals surface area contributed by atoms with Gasteiger partial charge in [0.2, 0.25) is 0 Å². The molecule has 0 aromatic carbocycles. The molecule has 80 valence electrons. The SMILES string of the molecule is NC(=O)c1cc(-c2cnccn2)c[nH]c1=O. The summed E-state index contributed by atoms with van der Waals surface area (Å²) >= 11 is 0. The lowest BCUT2D eigenvalue weighted by Gasteiger charge is -2.00. The first-order chi connectivity index (χ1) is 7.68. The van der Waals surface area contributed by atoms with Crippen molar-refractivity contribution in [3.05, 3.63) is 46.8 Å². The Bertz CT molecular complexity index is 577. The van der Waals surface area contributed by atoms with Crippen molar-refractivity contribution in [1.29, 1.82) is 0 Å². The molecule has 6 heteroatoms. The van der Waals surface area contributed by atoms with E-state index in [2.05, 4.69) is 15.0 Å². The summed E-state index contributed by atoms with van der Waals surface area (Å²) in [6.07, 6.45) is 6.03. The highest BCUT2D eigenvalue weighted by molar-refractivity contribution is 5.93. The monoisotopic (exact) mass is 216 g/mol. The second-order valence-corrected chi connectivity index (χ2v) is 3.09. The Kier molecular flexibility index (Phi) is 2.47. The van der Waals surface area contributed by atoms with Crippen LogP contribution >= 0.6 is 0 Å². The molecule has 6 nitrogen and oxygen atoms in total. The van der Waals surface area contributed by atoms with Crippen LogP contribution in [-0.4, -0.2) is 20.9 Å². The highest BCUT2D eigenvalue weighted by Crippen LogP contribution is 2.13. The van der Waals surface area contributed by atoms with Crippen LogP contribution in [0.4, 0.5) is 0 Å². The number of nitrogens with zero attached hydrogens (tertiary/aromatic N) is 2. The molecule has 0 aliphatic carbocycles. The van der Waals surface area contributed by atoms with Crippen LogP contribution in [0.5, 0.6) is 0 Å². The zero-order chi connectivity index (χ0) is 11.5. The van der Waals surface area contributed by atoms with Crippen molar-refractivity contribution in [2.75, 3.05) is 0 Å². The summed E-state index contributed by atoms with van der Waals surface area (Å²) in [5.74, 6) is -0.771. The molecule has 0 atom stereocenters. The molecule has 2 rings (SSSR count). The summed E-state index contributed by atoms with van der Waals surface area (Å²) in [4.78, 5) is 32.6. The van der Waals surface area contributed by atoms with Gasteiger partial charge in [0.15, 0.2) is 0 Å². The highest BCUT2D eigenvalue weighted by Gasteiger charge is 2.08. The Balaban J connectivity index is 2.57. The first-order valence-corrected chi connectivity index (χ1v) is 4.47. The quantitative estimate of drug-likeness (QED) is 0.733. The predicted molar refractivity (Wildman–Crippen MR) is 56.6 cm³/mol. The van der Waals surface area contributed by atoms with Gasteiger partial charge in [-0.15, -0.1) is 0 Å². The largest absolute Gasteiger partial charge is 0.365 e. The molecule has 3 N–H and O–H groups in total. The third kappa shape index (κ3) is 1.81. The second kappa shape index (κ2) is 3.93. The Morgan fingerprint density at radius 2 is 2.19 bits per heavy atom. The van der Waals surface area contributed by atoms with Crippen LogP contribution < -0.4 is 11.3 Å². The number of rotatable bonds is 2. The second-order valence-electron chi connectivity index (χ2n) is 3.09. The number of amides is 1. The summed E-state index contributed by atoms with van der Waals surface area (Å²) in [6.45, 7) is 0. The fourth-order valence-electron chi connectivity index (χ4n) is 1.26. The number of carbonyl (C=O) groups is 1. The van der Waals surface area contributed by atoms with E-state index >= 15 is 0 Å². The van der Waals surface area contributed by atoms with Gasteiger partial charge in [-0.3, -0.25) is 19.6 Å². The normalized spacial score (nSPS) is 10.0. The molecule has 0 unspecified atom stereocenters. The number of H-pyrrole nitrogens is 1. The number of hydrogen-bond acceptors (Lipinski definition) is 4. The van der Waals surface area contributed by atoms with Crippen LogP contribution in [0.1, 0.15) is 10.4 Å². The van der Waals surface area contributed by atoms with Crippen LogP contribution in [0.25, 0.3) is 11.3 Å². The fraction of sp³-hybridized carbons (Fsp3) is 0. The molecule has 0 aliphatic rings. The van der Waals surface area contributed by atoms with Crippen molar-refractivity contribution in [1.82, 2.24) is 15.0 Å². The van der Waals surface area contributed by atoms with E-state index in [1.807, 2.05) is 0 Å². The van der Waals surface area contributed by atoms with Crippen LogP contribution in [0.3, 0.4) is 0 Å². The molecule has 2 aromatic rings. The van der Waals surface area contributed by atoms with Gasteiger partial charge in [0.1, 0.15) is 5.56 Å². The number of primary amides is 1. The molecular formula is C10H8N4O2. The number of nitrogens with one attached hydrogen (secondary N) is 1. The molecule has 0 radical (unpaired) electrons. The average molecular weight is 216 g/mol. The standard InChI is InChI=1S/C10H8N4O2/c11-9(15)7-3-6(4-14-10(7)16)8-5-12-1-2-13-8/h1-5H,(H2,11,15)(H,14,16). The summed E-state index contributed by atoms with van der Waals surface area (Å²) in [6, 6.07) is 1.39. The van der Waals surface area contributed by atoms with Crippen molar-refractivity contribution in [2.45, 2.75) is 0 Å². The van der Waals surface area contributed by atoms with Crippen molar-refractivity contribution in [3.8, 4) is 11.3 Å². The minimum absolute atomic E-state index is 0.0943. The first kappa shape index (κ1) is 10.0. The Morgan fingerprint density at radius 1 is 1.38 bits per heavy atom. The molecule has 0 bridgehead atoms. The lowest BCUT2D eigenvalue weighted by atomic mass is 10.1. The minimum Gasteiger partial charge on any atom is -0.365 e. The van der Waals surface area contributed by atoms with Crippen molar-refractivity contribution < 1.29 is 4.79 Å². The number of hydrogen-bond donors (Lipinski definition) is 2. The van der Waals surface area contributed by atoms with Crippen LogP contribution in [0.15, 0.2) is 35.6 Å². The van der Waals surface area contributed by atoms with Gasteiger partial charge in [-0.1, -0.05) is 0 Å². The van der Waals surface area contributed by atoms with E-state index in [0.29, 0.717) is 11.3 Å². The summed E-state index contributed by atoms with van der Waals surface area (Å²) < 4.78 is 0. The van der Waals surface area contributed by atoms with Gasteiger partial charge in [0.25, 0.3) is 11.5 Å². The topological polar surface area (TPSA) is 102 Å². The zero-order valence-corrected chi connectivity index (χ0v) is 8.18. The lowest BCUT2D eigenvalue weighted by molar-refractivity contribution is 0.0999. The molecular weight excluding hydrogens is 208 g/mol. The van der Waals surface area contributed by atoms with Crippen molar-refractivity contribution in [2.24, 2.45) is 5.73 Å². The number of aromatic nitrogens is 3. The molecule has 0 fully saturated rings. The van der Waals surface area contributed by atoms with E-state index in [9.17, 15) is 9.59 Å². The van der Waals surface area contributed by atoms with Gasteiger partial charge in [-0.2, -0.15) is 0 Å². The Morgan fingerprint density at radius 3 is 2.81 bits per heavy atom. The maximum atomic E-state index is 11.3. The first-order valence-electron chi connectivity index (χ1n) is 4.47. The van der Waals surface area contributed by atoms with Gasteiger partial charge in [-0.05, 0) is 6.07 Å². The van der Waals surface area contributed by atoms with E-state index in [0.717, 1.165) is 0 Å². The highest BCUT2D eigenvalue weighted by atomic mass is 16.2. The Labute approximate surface area is 90.2 Å². The van der Waals surface area contributed by atoms with Gasteiger partial charge < -0.3 is 10.7 Å². The van der Waals surface area contributed by atoms with Crippen LogP contribution in [0, 0.1) is 0 Å². The number of nitrogens with two attached hydrogens (primary N) is 1. The maximum absolute atomic E-state index is 11.3. The third-order valence-electron chi connectivity index (χ3n) is 2.03. The van der Waals surface area contributed by atoms with Gasteiger partial charge >= 0.3 is 0 Å². The number of aromatic amines is 1. The summed E-state index contributed by atoms with van der Waals surface area (Å²) in [7, 11) is 0. The molecule has 16 heavy (non-hydrogen) atoms. The smallest absolute Gasteiger partial charge is 0.260 e. The van der Waals surface area contributed by atoms with Crippen LogP contribution in [0.2, 0.25) is 0 Å². The minimum atomic E-state index is -0.771. The predicted octanol–water partition coefficient (Wildman–Crippen LogP) is -0.0692. The van der Waals surface area contributed by atoms with Gasteiger partial charge in [-0.25, -0.2) is 0 Å². The van der Waals surface area contributed by atoms with Gasteiger partial charge in [0, 0.05) is 24.2 Å². The Hall–Kier alpha value is -2.50. The number of carbonyl (C=O) groups excluding carboxylic acids is 1. The fourth-order valence-corrected chi connectivity index (χ4v) is 1.26. The van der Waals surface area contributed by atoms with E-state index in [1.165, 1.54) is 30.9 Å². The van der Waals surface area contributed by atoms with Crippen LogP contribution in [-0.2, 0) is 0 Å². The maximum Gasteiger partial charge on any atom is 0.260 e. The molecule has 0 spiro atoms.